The van der Waals surface area contributed by atoms with E-state index in [0.29, 0.717) is 11.0 Å². The van der Waals surface area contributed by atoms with E-state index in [2.05, 4.69) is 5.32 Å². The summed E-state index contributed by atoms with van der Waals surface area (Å²) in [4.78, 5) is 10.7. The molecule has 0 fully saturated rings. The number of likely N-dealkylation sites (N-methyl/N-ethyl adjacent to an activating group) is 2. The molecule has 0 bridgehead atoms. The Hall–Kier alpha value is -0.280. The molecule has 0 atom stereocenters. The molecule has 10 heavy (non-hydrogen) atoms. The van der Waals surface area contributed by atoms with Crippen LogP contribution in [-0.2, 0) is 4.79 Å². The fourth-order valence-electron chi connectivity index (χ4n) is 0.510. The fraction of sp³-hybridized carbons (Fsp3) is 0.833. The quantitative estimate of drug-likeness (QED) is 0.423. The zero-order valence-corrected chi connectivity index (χ0v) is 7.70. The molecule has 0 aromatic carbocycles. The smallest absolute Gasteiger partial charge is 0.274 e. The van der Waals surface area contributed by atoms with Gasteiger partial charge in [0, 0.05) is 7.05 Å². The van der Waals surface area contributed by atoms with Gasteiger partial charge in [-0.25, -0.2) is 0 Å². The van der Waals surface area contributed by atoms with E-state index in [4.69, 9.17) is 0 Å². The van der Waals surface area contributed by atoms with E-state index >= 15 is 0 Å². The van der Waals surface area contributed by atoms with Crippen LogP contribution in [0.5, 0.6) is 0 Å². The Morgan fingerprint density at radius 1 is 1.40 bits per heavy atom. The van der Waals surface area contributed by atoms with Gasteiger partial charge in [0.1, 0.15) is 0 Å². The van der Waals surface area contributed by atoms with Gasteiger partial charge in [-0.2, -0.15) is 0 Å². The monoisotopic (exact) mass is 166 g/mol. The largest absolute Gasteiger partial charge is 1.00 e. The van der Waals surface area contributed by atoms with Crippen LogP contribution in [0.15, 0.2) is 0 Å². The Morgan fingerprint density at radius 2 is 1.80 bits per heavy atom. The van der Waals surface area contributed by atoms with Crippen molar-refractivity contribution in [1.29, 1.82) is 0 Å². The number of nitrogens with one attached hydrogen (secondary N) is 1. The van der Waals surface area contributed by atoms with E-state index in [1.165, 1.54) is 0 Å². The van der Waals surface area contributed by atoms with Gasteiger partial charge in [0.15, 0.2) is 6.54 Å². The van der Waals surface area contributed by atoms with Crippen LogP contribution in [0.25, 0.3) is 0 Å². The zero-order chi connectivity index (χ0) is 7.49. The van der Waals surface area contributed by atoms with E-state index in [-0.39, 0.29) is 18.3 Å². The third kappa shape index (κ3) is 7.72. The van der Waals surface area contributed by atoms with Crippen molar-refractivity contribution in [1.82, 2.24) is 5.32 Å². The number of quaternary nitrogens is 1. The maximum atomic E-state index is 10.7. The summed E-state index contributed by atoms with van der Waals surface area (Å²) in [5.74, 6) is 0.0856. The average molecular weight is 167 g/mol. The van der Waals surface area contributed by atoms with Crippen molar-refractivity contribution in [3.63, 3.8) is 0 Å². The third-order valence-corrected chi connectivity index (χ3v) is 0.897. The maximum Gasteiger partial charge on any atom is 0.274 e. The van der Waals surface area contributed by atoms with Crippen molar-refractivity contribution < 1.29 is 21.7 Å². The van der Waals surface area contributed by atoms with Crippen LogP contribution in [0.2, 0.25) is 0 Å². The summed E-state index contributed by atoms with van der Waals surface area (Å²) < 4.78 is 0.680. The topological polar surface area (TPSA) is 29.1 Å². The summed E-state index contributed by atoms with van der Waals surface area (Å²) in [6.45, 7) is 0.538. The Balaban J connectivity index is 0. The first-order chi connectivity index (χ1) is 3.95. The molecule has 0 aliphatic carbocycles. The SMILES string of the molecule is CNC(=O)C[N+](C)(C)C.[Cl-]. The molecule has 0 aliphatic heterocycles. The molecular weight excluding hydrogens is 152 g/mol. The minimum atomic E-state index is 0. The van der Waals surface area contributed by atoms with Gasteiger partial charge in [0.2, 0.25) is 0 Å². The van der Waals surface area contributed by atoms with Crippen molar-refractivity contribution in [2.45, 2.75) is 0 Å². The van der Waals surface area contributed by atoms with Crippen LogP contribution in [-0.4, -0.2) is 45.1 Å². The Bertz CT molecular complexity index is 109. The number of nitrogens with zero attached hydrogens (tertiary/aromatic N) is 1. The number of carbonyl (C=O) groups excluding carboxylic acids is 1. The summed E-state index contributed by atoms with van der Waals surface area (Å²) in [5.41, 5.74) is 0. The molecular formula is C6H15ClN2O. The number of carbonyl (C=O) groups is 1. The number of hydrogen-bond donors (Lipinski definition) is 1. The number of rotatable bonds is 2. The lowest BCUT2D eigenvalue weighted by Crippen LogP contribution is -3.00. The van der Waals surface area contributed by atoms with Crippen molar-refractivity contribution in [2.75, 3.05) is 34.7 Å². The Morgan fingerprint density at radius 3 is 1.90 bits per heavy atom. The van der Waals surface area contributed by atoms with E-state index in [1.54, 1.807) is 7.05 Å². The van der Waals surface area contributed by atoms with Crippen LogP contribution < -0.4 is 17.7 Å². The molecule has 0 unspecified atom stereocenters. The summed E-state index contributed by atoms with van der Waals surface area (Å²) in [7, 11) is 7.59. The molecule has 62 valence electrons. The lowest BCUT2D eigenvalue weighted by atomic mass is 10.5. The van der Waals surface area contributed by atoms with Gasteiger partial charge >= 0.3 is 0 Å². The first-order valence-corrected chi connectivity index (χ1v) is 2.97. The average Bonchev–Trinajstić information content (AvgIpc) is 1.62. The molecule has 0 spiro atoms. The second-order valence-electron chi connectivity index (χ2n) is 3.12. The molecule has 0 aliphatic rings. The van der Waals surface area contributed by atoms with Crippen LogP contribution in [0.1, 0.15) is 0 Å². The lowest BCUT2D eigenvalue weighted by molar-refractivity contribution is -0.862. The molecule has 1 amide bonds. The summed E-state index contributed by atoms with van der Waals surface area (Å²) in [6, 6.07) is 0. The number of hydrogen-bond acceptors (Lipinski definition) is 1. The Labute approximate surface area is 68.4 Å². The van der Waals surface area contributed by atoms with Gasteiger partial charge in [-0.05, 0) is 0 Å². The van der Waals surface area contributed by atoms with Gasteiger partial charge in [-0.15, -0.1) is 0 Å². The van der Waals surface area contributed by atoms with Gasteiger partial charge in [0.05, 0.1) is 21.1 Å². The van der Waals surface area contributed by atoms with E-state index in [0.717, 1.165) is 0 Å². The van der Waals surface area contributed by atoms with Crippen LogP contribution in [0.3, 0.4) is 0 Å². The van der Waals surface area contributed by atoms with E-state index in [9.17, 15) is 4.79 Å². The standard InChI is InChI=1S/C6H14N2O.ClH/c1-7-6(9)5-8(2,3)4;/h5H2,1-4H3;1H. The molecule has 0 rings (SSSR count). The fourth-order valence-corrected chi connectivity index (χ4v) is 0.510. The highest BCUT2D eigenvalue weighted by Crippen LogP contribution is 1.86. The zero-order valence-electron chi connectivity index (χ0n) is 6.94. The predicted octanol–water partition coefficient (Wildman–Crippen LogP) is -3.56. The first kappa shape index (κ1) is 12.4. The molecule has 0 radical (unpaired) electrons. The highest BCUT2D eigenvalue weighted by atomic mass is 35.5. The predicted molar refractivity (Wildman–Crippen MR) is 37.0 cm³/mol. The van der Waals surface area contributed by atoms with Gasteiger partial charge in [-0.1, -0.05) is 0 Å². The molecule has 0 aromatic heterocycles. The van der Waals surface area contributed by atoms with Crippen molar-refractivity contribution in [3.05, 3.63) is 0 Å². The van der Waals surface area contributed by atoms with Gasteiger partial charge in [-0.3, -0.25) is 4.79 Å². The minimum absolute atomic E-state index is 0. The van der Waals surface area contributed by atoms with Gasteiger partial charge in [0.25, 0.3) is 5.91 Å². The van der Waals surface area contributed by atoms with Crippen molar-refractivity contribution >= 4 is 5.91 Å². The van der Waals surface area contributed by atoms with Crippen LogP contribution in [0.4, 0.5) is 0 Å². The van der Waals surface area contributed by atoms with Crippen molar-refractivity contribution in [2.24, 2.45) is 0 Å². The highest BCUT2D eigenvalue weighted by molar-refractivity contribution is 5.76. The maximum absolute atomic E-state index is 10.7. The molecule has 0 saturated carbocycles. The summed E-state index contributed by atoms with van der Waals surface area (Å²) in [6.07, 6.45) is 0. The number of amides is 1. The van der Waals surface area contributed by atoms with Crippen molar-refractivity contribution in [3.8, 4) is 0 Å². The molecule has 0 saturated heterocycles. The highest BCUT2D eigenvalue weighted by Gasteiger charge is 2.11. The summed E-state index contributed by atoms with van der Waals surface area (Å²) in [5, 5.41) is 2.57. The molecule has 0 aromatic rings. The molecule has 0 heterocycles. The van der Waals surface area contributed by atoms with Crippen LogP contribution >= 0.6 is 0 Å². The first-order valence-electron chi connectivity index (χ1n) is 2.97. The Kier molecular flexibility index (Phi) is 5.61. The van der Waals surface area contributed by atoms with E-state index in [1.807, 2.05) is 21.1 Å². The second kappa shape index (κ2) is 4.52. The van der Waals surface area contributed by atoms with Crippen LogP contribution in [0, 0.1) is 0 Å². The number of halogens is 1. The lowest BCUT2D eigenvalue weighted by Gasteiger charge is -2.22. The normalized spacial score (nSPS) is 10.0. The molecule has 1 N–H and O–H groups in total. The van der Waals surface area contributed by atoms with E-state index < -0.39 is 0 Å². The molecule has 3 nitrogen and oxygen atoms in total. The minimum Gasteiger partial charge on any atom is -1.00 e. The molecule has 4 heteroatoms. The third-order valence-electron chi connectivity index (χ3n) is 0.897. The second-order valence-corrected chi connectivity index (χ2v) is 3.12. The summed E-state index contributed by atoms with van der Waals surface area (Å²) >= 11 is 0. The van der Waals surface area contributed by atoms with Gasteiger partial charge < -0.3 is 22.2 Å².